The largest absolute Gasteiger partial charge is 0.380 e. The minimum absolute atomic E-state index is 0.710. The third-order valence-corrected chi connectivity index (χ3v) is 3.20. The molecule has 0 aliphatic carbocycles. The quantitative estimate of drug-likeness (QED) is 0.689. The summed E-state index contributed by atoms with van der Waals surface area (Å²) in [6.07, 6.45) is 1.07. The highest BCUT2D eigenvalue weighted by molar-refractivity contribution is 5.78. The highest BCUT2D eigenvalue weighted by atomic mass is 16.5. The third-order valence-electron chi connectivity index (χ3n) is 3.20. The number of nitrogens with one attached hydrogen (secondary N) is 2. The normalized spacial score (nSPS) is 11.1. The van der Waals surface area contributed by atoms with E-state index in [9.17, 15) is 0 Å². The second-order valence-electron chi connectivity index (χ2n) is 4.66. The molecule has 5 nitrogen and oxygen atoms in total. The maximum Gasteiger partial charge on any atom is 0.203 e. The van der Waals surface area contributed by atoms with Crippen molar-refractivity contribution in [2.75, 3.05) is 38.7 Å². The lowest BCUT2D eigenvalue weighted by Crippen LogP contribution is -2.16. The van der Waals surface area contributed by atoms with E-state index in [1.807, 2.05) is 32.2 Å². The molecule has 110 valence electrons. The van der Waals surface area contributed by atoms with E-state index in [4.69, 9.17) is 4.74 Å². The number of hydrogen-bond acceptors (Lipinski definition) is 4. The Hall–Kier alpha value is -1.59. The van der Waals surface area contributed by atoms with Crippen molar-refractivity contribution in [2.45, 2.75) is 19.9 Å². The Balaban J connectivity index is 2.11. The van der Waals surface area contributed by atoms with Crippen molar-refractivity contribution in [1.29, 1.82) is 0 Å². The average molecular weight is 276 g/mol. The second kappa shape index (κ2) is 7.87. The number of imidazole rings is 1. The molecule has 0 amide bonds. The molecular formula is C15H24N4O. The molecule has 1 heterocycles. The van der Waals surface area contributed by atoms with E-state index in [1.165, 1.54) is 0 Å². The van der Waals surface area contributed by atoms with Crippen molar-refractivity contribution in [3.63, 3.8) is 0 Å². The van der Waals surface area contributed by atoms with Gasteiger partial charge < -0.3 is 19.9 Å². The first-order valence-corrected chi connectivity index (χ1v) is 7.28. The van der Waals surface area contributed by atoms with Crippen LogP contribution in [0.4, 0.5) is 5.95 Å². The van der Waals surface area contributed by atoms with Gasteiger partial charge in [-0.1, -0.05) is 12.1 Å². The Morgan fingerprint density at radius 3 is 2.90 bits per heavy atom. The van der Waals surface area contributed by atoms with Crippen LogP contribution in [0, 0.1) is 0 Å². The zero-order valence-electron chi connectivity index (χ0n) is 12.4. The number of aromatic nitrogens is 2. The van der Waals surface area contributed by atoms with Crippen molar-refractivity contribution in [3.8, 4) is 0 Å². The zero-order valence-corrected chi connectivity index (χ0v) is 12.4. The molecule has 20 heavy (non-hydrogen) atoms. The molecule has 2 aromatic rings. The molecule has 2 N–H and O–H groups in total. The summed E-state index contributed by atoms with van der Waals surface area (Å²) in [6, 6.07) is 8.22. The van der Waals surface area contributed by atoms with Crippen molar-refractivity contribution >= 4 is 17.0 Å². The summed E-state index contributed by atoms with van der Waals surface area (Å²) >= 11 is 0. The molecule has 0 saturated carbocycles. The van der Waals surface area contributed by atoms with Gasteiger partial charge in [0.1, 0.15) is 0 Å². The number of anilines is 1. The lowest BCUT2D eigenvalue weighted by atomic mass is 10.3. The Bertz CT molecular complexity index is 524. The minimum atomic E-state index is 0.710. The Morgan fingerprint density at radius 1 is 1.25 bits per heavy atom. The van der Waals surface area contributed by atoms with Crippen molar-refractivity contribution in [1.82, 2.24) is 14.9 Å². The highest BCUT2D eigenvalue weighted by Gasteiger charge is 2.09. The van der Waals surface area contributed by atoms with Gasteiger partial charge in [0.05, 0.1) is 17.6 Å². The Labute approximate surface area is 120 Å². The van der Waals surface area contributed by atoms with Gasteiger partial charge in [-0.3, -0.25) is 0 Å². The maximum atomic E-state index is 5.47. The summed E-state index contributed by atoms with van der Waals surface area (Å²) < 4.78 is 7.67. The Morgan fingerprint density at radius 2 is 2.10 bits per heavy atom. The van der Waals surface area contributed by atoms with Crippen LogP contribution >= 0.6 is 0 Å². The molecule has 0 spiro atoms. The van der Waals surface area contributed by atoms with Crippen LogP contribution < -0.4 is 10.6 Å². The van der Waals surface area contributed by atoms with E-state index in [0.29, 0.717) is 6.61 Å². The van der Waals surface area contributed by atoms with E-state index in [0.717, 1.165) is 49.6 Å². The molecule has 0 saturated heterocycles. The first-order valence-electron chi connectivity index (χ1n) is 7.28. The van der Waals surface area contributed by atoms with Crippen LogP contribution in [0.1, 0.15) is 13.3 Å². The Kier molecular flexibility index (Phi) is 5.83. The SMILES string of the molecule is CCOCCn1c(NCCCNC)nc2ccccc21. The van der Waals surface area contributed by atoms with Crippen LogP contribution in [-0.4, -0.2) is 42.9 Å². The molecule has 2 rings (SSSR count). The number of para-hydroxylation sites is 2. The van der Waals surface area contributed by atoms with Crippen LogP contribution in [0.25, 0.3) is 11.0 Å². The van der Waals surface area contributed by atoms with Crippen LogP contribution in [0.2, 0.25) is 0 Å². The van der Waals surface area contributed by atoms with Gasteiger partial charge in [-0.2, -0.15) is 0 Å². The smallest absolute Gasteiger partial charge is 0.203 e. The number of nitrogens with zero attached hydrogens (tertiary/aromatic N) is 2. The van der Waals surface area contributed by atoms with Crippen molar-refractivity contribution < 1.29 is 4.74 Å². The predicted molar refractivity (Wildman–Crippen MR) is 83.3 cm³/mol. The van der Waals surface area contributed by atoms with Crippen molar-refractivity contribution in [2.24, 2.45) is 0 Å². The van der Waals surface area contributed by atoms with Gasteiger partial charge in [0.2, 0.25) is 5.95 Å². The van der Waals surface area contributed by atoms with E-state index in [-0.39, 0.29) is 0 Å². The van der Waals surface area contributed by atoms with Crippen LogP contribution in [0.15, 0.2) is 24.3 Å². The minimum Gasteiger partial charge on any atom is -0.380 e. The number of hydrogen-bond donors (Lipinski definition) is 2. The fourth-order valence-corrected chi connectivity index (χ4v) is 2.20. The first kappa shape index (κ1) is 14.8. The zero-order chi connectivity index (χ0) is 14.2. The van der Waals surface area contributed by atoms with E-state index in [2.05, 4.69) is 26.3 Å². The third kappa shape index (κ3) is 3.71. The number of fused-ring (bicyclic) bond motifs is 1. The van der Waals surface area contributed by atoms with Crippen molar-refractivity contribution in [3.05, 3.63) is 24.3 Å². The summed E-state index contributed by atoms with van der Waals surface area (Å²) in [5.41, 5.74) is 2.18. The van der Waals surface area contributed by atoms with Crippen LogP contribution in [0.3, 0.4) is 0 Å². The molecule has 5 heteroatoms. The van der Waals surface area contributed by atoms with Gasteiger partial charge in [0, 0.05) is 19.7 Å². The molecular weight excluding hydrogens is 252 g/mol. The lowest BCUT2D eigenvalue weighted by Gasteiger charge is -2.10. The fourth-order valence-electron chi connectivity index (χ4n) is 2.20. The van der Waals surface area contributed by atoms with Crippen LogP contribution in [-0.2, 0) is 11.3 Å². The standard InChI is InChI=1S/C15H24N4O/c1-3-20-12-11-19-14-8-5-4-7-13(14)18-15(19)17-10-6-9-16-2/h4-5,7-8,16H,3,6,9-12H2,1-2H3,(H,17,18). The summed E-state index contributed by atoms with van der Waals surface area (Å²) in [5.74, 6) is 0.932. The van der Waals surface area contributed by atoms with Gasteiger partial charge in [0.15, 0.2) is 0 Å². The number of benzene rings is 1. The van der Waals surface area contributed by atoms with E-state index < -0.39 is 0 Å². The van der Waals surface area contributed by atoms with E-state index in [1.54, 1.807) is 0 Å². The molecule has 0 radical (unpaired) electrons. The fraction of sp³-hybridized carbons (Fsp3) is 0.533. The molecule has 0 atom stereocenters. The molecule has 1 aromatic carbocycles. The molecule has 0 bridgehead atoms. The van der Waals surface area contributed by atoms with E-state index >= 15 is 0 Å². The molecule has 1 aromatic heterocycles. The lowest BCUT2D eigenvalue weighted by molar-refractivity contribution is 0.140. The van der Waals surface area contributed by atoms with Gasteiger partial charge >= 0.3 is 0 Å². The monoisotopic (exact) mass is 276 g/mol. The van der Waals surface area contributed by atoms with Gasteiger partial charge in [-0.25, -0.2) is 4.98 Å². The molecule has 0 aliphatic heterocycles. The number of rotatable bonds is 9. The summed E-state index contributed by atoms with van der Waals surface area (Å²) in [4.78, 5) is 4.66. The molecule has 0 fully saturated rings. The second-order valence-corrected chi connectivity index (χ2v) is 4.66. The summed E-state index contributed by atoms with van der Waals surface area (Å²) in [7, 11) is 1.97. The highest BCUT2D eigenvalue weighted by Crippen LogP contribution is 2.19. The topological polar surface area (TPSA) is 51.1 Å². The van der Waals surface area contributed by atoms with Gasteiger partial charge in [0.25, 0.3) is 0 Å². The molecule has 0 unspecified atom stereocenters. The number of ether oxygens (including phenoxy) is 1. The summed E-state index contributed by atoms with van der Waals surface area (Å²) in [5, 5.41) is 6.57. The predicted octanol–water partition coefficient (Wildman–Crippen LogP) is 2.09. The van der Waals surface area contributed by atoms with Crippen LogP contribution in [0.5, 0.6) is 0 Å². The summed E-state index contributed by atoms with van der Waals surface area (Å²) in [6.45, 7) is 6.22. The van der Waals surface area contributed by atoms with Gasteiger partial charge in [-0.05, 0) is 39.1 Å². The first-order chi connectivity index (χ1) is 9.86. The average Bonchev–Trinajstić information content (AvgIpc) is 2.82. The maximum absolute atomic E-state index is 5.47. The molecule has 0 aliphatic rings. The van der Waals surface area contributed by atoms with Gasteiger partial charge in [-0.15, -0.1) is 0 Å².